The molecule has 122 valence electrons. The van der Waals surface area contributed by atoms with Crippen molar-refractivity contribution in [2.24, 2.45) is 0 Å². The summed E-state index contributed by atoms with van der Waals surface area (Å²) >= 11 is 0. The van der Waals surface area contributed by atoms with Crippen molar-refractivity contribution in [3.63, 3.8) is 0 Å². The van der Waals surface area contributed by atoms with Crippen LogP contribution >= 0.6 is 21.6 Å². The van der Waals surface area contributed by atoms with Gasteiger partial charge >= 0.3 is 0 Å². The summed E-state index contributed by atoms with van der Waals surface area (Å²) in [4.78, 5) is 8.11. The van der Waals surface area contributed by atoms with Gasteiger partial charge in [-0.15, -0.1) is 0 Å². The third-order valence-corrected chi connectivity index (χ3v) is 6.07. The predicted molar refractivity (Wildman–Crippen MR) is 97.1 cm³/mol. The van der Waals surface area contributed by atoms with E-state index in [4.69, 9.17) is 0 Å². The molecule has 0 atom stereocenters. The number of hydrogen-bond acceptors (Lipinski definition) is 4. The van der Waals surface area contributed by atoms with Crippen LogP contribution in [0.15, 0.2) is 37.4 Å². The van der Waals surface area contributed by atoms with Crippen molar-refractivity contribution in [2.45, 2.75) is 51.6 Å². The minimum Gasteiger partial charge on any atom is -0.337 e. The molecule has 4 nitrogen and oxygen atoms in total. The Morgan fingerprint density at radius 2 is 1.18 bits per heavy atom. The standard InChI is InChI=1S/C16H26N4S2/c1(2-4-9-19-11-7-17-15-19)3-5-13-21-22-14-6-10-20-12-8-18-16-20/h7-8,11-12,15-16H,1-6,9-10,13-14H2. The Hall–Kier alpha value is -0.880. The quantitative estimate of drug-likeness (QED) is 0.398. The molecular weight excluding hydrogens is 312 g/mol. The Bertz CT molecular complexity index is 412. The molecule has 0 aromatic carbocycles. The van der Waals surface area contributed by atoms with Crippen molar-refractivity contribution in [3.8, 4) is 0 Å². The normalized spacial score (nSPS) is 11.1. The molecule has 0 bridgehead atoms. The van der Waals surface area contributed by atoms with Crippen LogP contribution in [0.5, 0.6) is 0 Å². The van der Waals surface area contributed by atoms with Crippen molar-refractivity contribution in [1.29, 1.82) is 0 Å². The fourth-order valence-electron chi connectivity index (χ4n) is 2.25. The molecule has 0 aliphatic heterocycles. The molecule has 22 heavy (non-hydrogen) atoms. The van der Waals surface area contributed by atoms with Crippen molar-refractivity contribution in [3.05, 3.63) is 37.4 Å². The van der Waals surface area contributed by atoms with Crippen LogP contribution in [0.1, 0.15) is 38.5 Å². The molecule has 0 saturated heterocycles. The lowest BCUT2D eigenvalue weighted by atomic mass is 10.1. The van der Waals surface area contributed by atoms with Gasteiger partial charge in [0.2, 0.25) is 0 Å². The van der Waals surface area contributed by atoms with Crippen molar-refractivity contribution >= 4 is 21.6 Å². The van der Waals surface area contributed by atoms with Gasteiger partial charge in [0, 0.05) is 49.4 Å². The molecule has 2 heterocycles. The van der Waals surface area contributed by atoms with Gasteiger partial charge in [0.1, 0.15) is 0 Å². The van der Waals surface area contributed by atoms with Crippen molar-refractivity contribution in [1.82, 2.24) is 19.1 Å². The van der Waals surface area contributed by atoms with Crippen LogP contribution in [-0.4, -0.2) is 30.6 Å². The first-order valence-corrected chi connectivity index (χ1v) is 10.6. The Labute approximate surface area is 141 Å². The maximum absolute atomic E-state index is 4.06. The van der Waals surface area contributed by atoms with E-state index in [2.05, 4.69) is 19.1 Å². The van der Waals surface area contributed by atoms with E-state index in [9.17, 15) is 0 Å². The Balaban J connectivity index is 1.29. The number of rotatable bonds is 13. The lowest BCUT2D eigenvalue weighted by molar-refractivity contribution is 0.569. The van der Waals surface area contributed by atoms with Gasteiger partial charge in [-0.3, -0.25) is 0 Å². The van der Waals surface area contributed by atoms with Crippen LogP contribution < -0.4 is 0 Å². The van der Waals surface area contributed by atoms with E-state index in [0.717, 1.165) is 13.1 Å². The summed E-state index contributed by atoms with van der Waals surface area (Å²) in [7, 11) is 4.05. The van der Waals surface area contributed by atoms with Crippen molar-refractivity contribution in [2.75, 3.05) is 11.5 Å². The van der Waals surface area contributed by atoms with E-state index in [0.29, 0.717) is 0 Å². The summed E-state index contributed by atoms with van der Waals surface area (Å²) in [6, 6.07) is 0. The molecule has 2 aromatic rings. The summed E-state index contributed by atoms with van der Waals surface area (Å²) in [5.41, 5.74) is 0. The number of aromatic nitrogens is 4. The Kier molecular flexibility index (Phi) is 9.26. The molecule has 0 fully saturated rings. The summed E-state index contributed by atoms with van der Waals surface area (Å²) in [6.07, 6.45) is 19.5. The van der Waals surface area contributed by atoms with E-state index in [1.54, 1.807) is 0 Å². The predicted octanol–water partition coefficient (Wildman–Crippen LogP) is 4.50. The fraction of sp³-hybridized carbons (Fsp3) is 0.625. The second-order valence-corrected chi connectivity index (χ2v) is 8.07. The molecule has 6 heteroatoms. The summed E-state index contributed by atoms with van der Waals surface area (Å²) in [5, 5.41) is 0. The van der Waals surface area contributed by atoms with E-state index >= 15 is 0 Å². The molecular formula is C16H26N4S2. The van der Waals surface area contributed by atoms with E-state index < -0.39 is 0 Å². The monoisotopic (exact) mass is 338 g/mol. The number of aryl methyl sites for hydroxylation is 2. The highest BCUT2D eigenvalue weighted by atomic mass is 33.1. The first-order chi connectivity index (χ1) is 10.9. The molecule has 0 aliphatic rings. The highest BCUT2D eigenvalue weighted by Gasteiger charge is 1.95. The first-order valence-electron chi connectivity index (χ1n) is 8.11. The van der Waals surface area contributed by atoms with Gasteiger partial charge in [0.15, 0.2) is 0 Å². The highest BCUT2D eigenvalue weighted by Crippen LogP contribution is 2.23. The van der Waals surface area contributed by atoms with Gasteiger partial charge in [-0.05, 0) is 19.3 Å². The minimum atomic E-state index is 1.09. The van der Waals surface area contributed by atoms with Gasteiger partial charge < -0.3 is 9.13 Å². The van der Waals surface area contributed by atoms with Crippen LogP contribution in [0.2, 0.25) is 0 Å². The van der Waals surface area contributed by atoms with Gasteiger partial charge in [-0.25, -0.2) is 9.97 Å². The summed E-state index contributed by atoms with van der Waals surface area (Å²) < 4.78 is 4.31. The fourth-order valence-corrected chi connectivity index (χ4v) is 4.47. The molecule has 0 saturated carbocycles. The van der Waals surface area contributed by atoms with Gasteiger partial charge in [0.25, 0.3) is 0 Å². The zero-order valence-electron chi connectivity index (χ0n) is 13.1. The maximum Gasteiger partial charge on any atom is 0.0945 e. The lowest BCUT2D eigenvalue weighted by Gasteiger charge is -2.04. The molecule has 0 aliphatic carbocycles. The average molecular weight is 339 g/mol. The van der Waals surface area contributed by atoms with Gasteiger partial charge in [-0.1, -0.05) is 40.9 Å². The number of nitrogens with zero attached hydrogens (tertiary/aromatic N) is 4. The zero-order chi connectivity index (χ0) is 15.3. The summed E-state index contributed by atoms with van der Waals surface area (Å²) in [5.74, 6) is 2.52. The van der Waals surface area contributed by atoms with Crippen LogP contribution in [0.4, 0.5) is 0 Å². The molecule has 0 unspecified atom stereocenters. The average Bonchev–Trinajstić information content (AvgIpc) is 3.21. The van der Waals surface area contributed by atoms with Gasteiger partial charge in [0.05, 0.1) is 12.7 Å². The smallest absolute Gasteiger partial charge is 0.0945 e. The molecule has 0 amide bonds. The summed E-state index contributed by atoms with van der Waals surface area (Å²) in [6.45, 7) is 2.20. The molecule has 2 rings (SSSR count). The van der Waals surface area contributed by atoms with Gasteiger partial charge in [-0.2, -0.15) is 0 Å². The molecule has 0 spiro atoms. The minimum absolute atomic E-state index is 1.09. The lowest BCUT2D eigenvalue weighted by Crippen LogP contribution is -1.95. The topological polar surface area (TPSA) is 35.6 Å². The van der Waals surface area contributed by atoms with E-state index in [1.165, 1.54) is 50.0 Å². The third-order valence-electron chi connectivity index (χ3n) is 3.49. The molecule has 0 radical (unpaired) electrons. The highest BCUT2D eigenvalue weighted by molar-refractivity contribution is 8.76. The number of imidazole rings is 2. The zero-order valence-corrected chi connectivity index (χ0v) is 14.8. The third kappa shape index (κ3) is 7.94. The Morgan fingerprint density at radius 1 is 0.636 bits per heavy atom. The largest absolute Gasteiger partial charge is 0.337 e. The van der Waals surface area contributed by atoms with E-state index in [1.807, 2.05) is 59.0 Å². The SMILES string of the molecule is c1cn(CCCCCCCSSCCCn2ccnc2)cn1. The van der Waals surface area contributed by atoms with Crippen LogP contribution in [-0.2, 0) is 13.1 Å². The first kappa shape index (κ1) is 17.5. The second-order valence-electron chi connectivity index (χ2n) is 5.37. The Morgan fingerprint density at radius 3 is 1.82 bits per heavy atom. The van der Waals surface area contributed by atoms with Crippen LogP contribution in [0, 0.1) is 0 Å². The van der Waals surface area contributed by atoms with Crippen LogP contribution in [0.25, 0.3) is 0 Å². The second kappa shape index (κ2) is 11.7. The number of unbranched alkanes of at least 4 members (excludes halogenated alkanes) is 4. The molecule has 0 N–H and O–H groups in total. The number of hydrogen-bond donors (Lipinski definition) is 0. The maximum atomic E-state index is 4.06. The van der Waals surface area contributed by atoms with Crippen LogP contribution in [0.3, 0.4) is 0 Å². The molecule has 2 aromatic heterocycles. The van der Waals surface area contributed by atoms with Crippen molar-refractivity contribution < 1.29 is 0 Å². The van der Waals surface area contributed by atoms with E-state index in [-0.39, 0.29) is 0 Å².